The highest BCUT2D eigenvalue weighted by molar-refractivity contribution is 5.96. The molecule has 0 fully saturated rings. The van der Waals surface area contributed by atoms with Crippen LogP contribution >= 0.6 is 0 Å². The van der Waals surface area contributed by atoms with Crippen LogP contribution in [-0.2, 0) is 11.0 Å². The SMILES string of the molecule is CCCCOc1ccc(C(=O)NCC(=O)NNc2cccc(C(F)(F)F)c2)cc1. The Morgan fingerprint density at radius 3 is 2.45 bits per heavy atom. The number of amides is 2. The smallest absolute Gasteiger partial charge is 0.416 e. The molecule has 0 aromatic heterocycles. The lowest BCUT2D eigenvalue weighted by molar-refractivity contribution is -0.137. The van der Waals surface area contributed by atoms with Crippen LogP contribution in [0.3, 0.4) is 0 Å². The van der Waals surface area contributed by atoms with Crippen molar-refractivity contribution in [1.82, 2.24) is 10.7 Å². The van der Waals surface area contributed by atoms with E-state index in [2.05, 4.69) is 23.1 Å². The normalized spacial score (nSPS) is 10.9. The molecule has 0 spiro atoms. The van der Waals surface area contributed by atoms with Crippen molar-refractivity contribution in [3.63, 3.8) is 0 Å². The molecular weight excluding hydrogens is 387 g/mol. The van der Waals surface area contributed by atoms with Gasteiger partial charge in [-0.15, -0.1) is 0 Å². The number of anilines is 1. The van der Waals surface area contributed by atoms with E-state index in [1.165, 1.54) is 12.1 Å². The molecule has 0 bridgehead atoms. The summed E-state index contributed by atoms with van der Waals surface area (Å²) in [4.78, 5) is 23.9. The lowest BCUT2D eigenvalue weighted by Crippen LogP contribution is -2.39. The topological polar surface area (TPSA) is 79.5 Å². The highest BCUT2D eigenvalue weighted by atomic mass is 19.4. The van der Waals surface area contributed by atoms with Gasteiger partial charge in [-0.05, 0) is 48.9 Å². The zero-order chi connectivity index (χ0) is 21.3. The number of benzene rings is 2. The number of carbonyl (C=O) groups is 2. The molecule has 29 heavy (non-hydrogen) atoms. The number of carbonyl (C=O) groups excluding carboxylic acids is 2. The second kappa shape index (κ2) is 10.4. The Bertz CT molecular complexity index is 824. The van der Waals surface area contributed by atoms with Crippen molar-refractivity contribution in [1.29, 1.82) is 0 Å². The minimum Gasteiger partial charge on any atom is -0.494 e. The molecule has 2 aromatic rings. The minimum atomic E-state index is -4.48. The van der Waals surface area contributed by atoms with E-state index in [0.717, 1.165) is 25.0 Å². The van der Waals surface area contributed by atoms with Crippen molar-refractivity contribution in [3.05, 3.63) is 59.7 Å². The molecule has 0 aliphatic carbocycles. The molecule has 0 saturated carbocycles. The Morgan fingerprint density at radius 1 is 1.07 bits per heavy atom. The van der Waals surface area contributed by atoms with E-state index < -0.39 is 23.6 Å². The van der Waals surface area contributed by atoms with Gasteiger partial charge in [-0.1, -0.05) is 19.4 Å². The molecule has 3 N–H and O–H groups in total. The first-order chi connectivity index (χ1) is 13.8. The number of rotatable bonds is 9. The lowest BCUT2D eigenvalue weighted by Gasteiger charge is -2.12. The first-order valence-corrected chi connectivity index (χ1v) is 9.02. The number of hydrogen-bond acceptors (Lipinski definition) is 4. The maximum absolute atomic E-state index is 12.7. The Balaban J connectivity index is 1.78. The predicted molar refractivity (Wildman–Crippen MR) is 102 cm³/mol. The molecule has 6 nitrogen and oxygen atoms in total. The number of alkyl halides is 3. The van der Waals surface area contributed by atoms with Crippen molar-refractivity contribution < 1.29 is 27.5 Å². The van der Waals surface area contributed by atoms with Gasteiger partial charge in [0.25, 0.3) is 11.8 Å². The fourth-order valence-corrected chi connectivity index (χ4v) is 2.26. The number of halogens is 3. The van der Waals surface area contributed by atoms with Gasteiger partial charge in [-0.3, -0.25) is 20.4 Å². The first-order valence-electron chi connectivity index (χ1n) is 9.02. The molecule has 2 rings (SSSR count). The fraction of sp³-hybridized carbons (Fsp3) is 0.300. The molecule has 0 unspecified atom stereocenters. The van der Waals surface area contributed by atoms with Gasteiger partial charge < -0.3 is 10.1 Å². The van der Waals surface area contributed by atoms with Crippen LogP contribution in [0.1, 0.15) is 35.7 Å². The molecule has 0 atom stereocenters. The van der Waals surface area contributed by atoms with Crippen molar-refractivity contribution in [2.45, 2.75) is 25.9 Å². The third-order valence-corrected chi connectivity index (χ3v) is 3.83. The molecule has 156 valence electrons. The second-order valence-corrected chi connectivity index (χ2v) is 6.16. The van der Waals surface area contributed by atoms with Gasteiger partial charge >= 0.3 is 6.18 Å². The quantitative estimate of drug-likeness (QED) is 0.435. The maximum Gasteiger partial charge on any atom is 0.416 e. The number of ether oxygens (including phenoxy) is 1. The third-order valence-electron chi connectivity index (χ3n) is 3.83. The average Bonchev–Trinajstić information content (AvgIpc) is 2.71. The first kappa shape index (κ1) is 22.1. The standard InChI is InChI=1S/C20H22F3N3O3/c1-2-3-11-29-17-9-7-14(8-10-17)19(28)24-13-18(27)26-25-16-6-4-5-15(12-16)20(21,22)23/h4-10,12,25H,2-3,11,13H2,1H3,(H,24,28)(H,26,27). The van der Waals surface area contributed by atoms with Gasteiger partial charge in [0.2, 0.25) is 0 Å². The van der Waals surface area contributed by atoms with Gasteiger partial charge in [-0.25, -0.2) is 0 Å². The molecule has 0 aliphatic rings. The van der Waals surface area contributed by atoms with Crippen LogP contribution in [0.25, 0.3) is 0 Å². The van der Waals surface area contributed by atoms with Gasteiger partial charge in [0, 0.05) is 5.56 Å². The van der Waals surface area contributed by atoms with Crippen LogP contribution in [0.15, 0.2) is 48.5 Å². The molecule has 0 heterocycles. The second-order valence-electron chi connectivity index (χ2n) is 6.16. The summed E-state index contributed by atoms with van der Waals surface area (Å²) >= 11 is 0. The highest BCUT2D eigenvalue weighted by Gasteiger charge is 2.30. The predicted octanol–water partition coefficient (Wildman–Crippen LogP) is 3.76. The van der Waals surface area contributed by atoms with Crippen LogP contribution in [0.2, 0.25) is 0 Å². The van der Waals surface area contributed by atoms with Crippen LogP contribution in [0, 0.1) is 0 Å². The molecule has 0 radical (unpaired) electrons. The van der Waals surface area contributed by atoms with Crippen LogP contribution < -0.4 is 20.9 Å². The van der Waals surface area contributed by atoms with Crippen LogP contribution in [0.5, 0.6) is 5.75 Å². The highest BCUT2D eigenvalue weighted by Crippen LogP contribution is 2.30. The van der Waals surface area contributed by atoms with Crippen LogP contribution in [0.4, 0.5) is 18.9 Å². The van der Waals surface area contributed by atoms with Gasteiger partial charge in [0.05, 0.1) is 24.4 Å². The summed E-state index contributed by atoms with van der Waals surface area (Å²) in [6.07, 6.45) is -2.52. The van der Waals surface area contributed by atoms with Gasteiger partial charge in [-0.2, -0.15) is 13.2 Å². The number of unbranched alkanes of at least 4 members (excludes halogenated alkanes) is 1. The number of hydrogen-bond donors (Lipinski definition) is 3. The van der Waals surface area contributed by atoms with Gasteiger partial charge in [0.15, 0.2) is 0 Å². The summed E-state index contributed by atoms with van der Waals surface area (Å²) in [5.74, 6) is -0.423. The van der Waals surface area contributed by atoms with Crippen molar-refractivity contribution in [2.24, 2.45) is 0 Å². The summed E-state index contributed by atoms with van der Waals surface area (Å²) in [5.41, 5.74) is 4.20. The minimum absolute atomic E-state index is 0.0677. The maximum atomic E-state index is 12.7. The van der Waals surface area contributed by atoms with E-state index in [1.807, 2.05) is 0 Å². The Labute approximate surface area is 166 Å². The summed E-state index contributed by atoms with van der Waals surface area (Å²) in [6.45, 7) is 2.31. The summed E-state index contributed by atoms with van der Waals surface area (Å²) < 4.78 is 43.5. The average molecular weight is 409 g/mol. The fourth-order valence-electron chi connectivity index (χ4n) is 2.26. The molecule has 2 amide bonds. The zero-order valence-electron chi connectivity index (χ0n) is 15.8. The van der Waals surface area contributed by atoms with E-state index in [-0.39, 0.29) is 12.2 Å². The molecule has 0 saturated heterocycles. The Morgan fingerprint density at radius 2 is 1.79 bits per heavy atom. The molecular formula is C20H22F3N3O3. The van der Waals surface area contributed by atoms with E-state index in [4.69, 9.17) is 4.74 Å². The van der Waals surface area contributed by atoms with Crippen LogP contribution in [-0.4, -0.2) is 25.0 Å². The van der Waals surface area contributed by atoms with Crippen molar-refractivity contribution >= 4 is 17.5 Å². The van der Waals surface area contributed by atoms with E-state index in [1.54, 1.807) is 24.3 Å². The zero-order valence-corrected chi connectivity index (χ0v) is 15.8. The molecule has 9 heteroatoms. The summed E-state index contributed by atoms with van der Waals surface area (Å²) in [5, 5.41) is 2.43. The third kappa shape index (κ3) is 7.36. The van der Waals surface area contributed by atoms with E-state index in [0.29, 0.717) is 17.9 Å². The summed E-state index contributed by atoms with van der Waals surface area (Å²) in [6, 6.07) is 10.9. The Kier molecular flexibility index (Phi) is 7.88. The summed E-state index contributed by atoms with van der Waals surface area (Å²) in [7, 11) is 0. The lowest BCUT2D eigenvalue weighted by atomic mass is 10.2. The largest absolute Gasteiger partial charge is 0.494 e. The van der Waals surface area contributed by atoms with E-state index >= 15 is 0 Å². The van der Waals surface area contributed by atoms with E-state index in [9.17, 15) is 22.8 Å². The molecule has 2 aromatic carbocycles. The Hall–Kier alpha value is -3.23. The monoisotopic (exact) mass is 409 g/mol. The van der Waals surface area contributed by atoms with Crippen molar-refractivity contribution in [2.75, 3.05) is 18.6 Å². The van der Waals surface area contributed by atoms with Crippen molar-refractivity contribution in [3.8, 4) is 5.75 Å². The number of hydrazine groups is 1. The number of nitrogens with one attached hydrogen (secondary N) is 3. The van der Waals surface area contributed by atoms with Gasteiger partial charge in [0.1, 0.15) is 5.75 Å². The molecule has 0 aliphatic heterocycles.